The second kappa shape index (κ2) is 8.12. The molecule has 3 rings (SSSR count). The number of H-pyrrole nitrogens is 1. The molecule has 1 unspecified atom stereocenters. The van der Waals surface area contributed by atoms with E-state index in [-0.39, 0.29) is 30.9 Å². The number of carbonyl (C=O) groups is 1. The molecule has 134 valence electrons. The second-order valence-electron chi connectivity index (χ2n) is 5.90. The van der Waals surface area contributed by atoms with E-state index >= 15 is 0 Å². The number of aliphatic hydroxyl groups excluding tert-OH is 1. The van der Waals surface area contributed by atoms with Crippen LogP contribution in [0.3, 0.4) is 0 Å². The Hall–Kier alpha value is -2.70. The van der Waals surface area contributed by atoms with Crippen LogP contribution in [-0.2, 0) is 11.2 Å². The number of aryl methyl sites for hydroxylation is 1. The fraction of sp³-hybridized carbons (Fsp3) is 0.211. The molecule has 0 aliphatic heterocycles. The van der Waals surface area contributed by atoms with Crippen LogP contribution in [0.1, 0.15) is 23.8 Å². The monoisotopic (exact) mass is 371 g/mol. The molecular formula is C19H18ClN3O3. The zero-order chi connectivity index (χ0) is 18.5. The molecule has 1 amide bonds. The Bertz CT molecular complexity index is 970. The van der Waals surface area contributed by atoms with E-state index in [2.05, 4.69) is 15.3 Å². The first-order valence-electron chi connectivity index (χ1n) is 8.21. The Balaban J connectivity index is 1.55. The maximum absolute atomic E-state index is 12.0. The van der Waals surface area contributed by atoms with Crippen molar-refractivity contribution in [3.05, 3.63) is 75.2 Å². The van der Waals surface area contributed by atoms with Crippen LogP contribution in [0.5, 0.6) is 0 Å². The number of amides is 1. The maximum Gasteiger partial charge on any atom is 0.270 e. The minimum Gasteiger partial charge on any atom is -0.387 e. The summed E-state index contributed by atoms with van der Waals surface area (Å²) in [4.78, 5) is 31.1. The molecule has 6 nitrogen and oxygen atoms in total. The lowest BCUT2D eigenvalue weighted by molar-refractivity contribution is -0.121. The first-order valence-corrected chi connectivity index (χ1v) is 8.59. The van der Waals surface area contributed by atoms with E-state index in [0.717, 1.165) is 0 Å². The third-order valence-electron chi connectivity index (χ3n) is 4.01. The molecule has 0 radical (unpaired) electrons. The van der Waals surface area contributed by atoms with Crippen LogP contribution in [0, 0.1) is 0 Å². The summed E-state index contributed by atoms with van der Waals surface area (Å²) in [5.74, 6) is -0.257. The van der Waals surface area contributed by atoms with Crippen molar-refractivity contribution in [1.82, 2.24) is 15.3 Å². The van der Waals surface area contributed by atoms with E-state index in [0.29, 0.717) is 27.3 Å². The minimum atomic E-state index is -0.821. The summed E-state index contributed by atoms with van der Waals surface area (Å²) < 4.78 is 0. The maximum atomic E-state index is 12.0. The summed E-state index contributed by atoms with van der Waals surface area (Å²) in [7, 11) is 0. The summed E-state index contributed by atoms with van der Waals surface area (Å²) in [5.41, 5.74) is 2.04. The van der Waals surface area contributed by atoms with Gasteiger partial charge in [-0.25, -0.2) is 4.98 Å². The average molecular weight is 372 g/mol. The number of nitrogens with zero attached hydrogens (tertiary/aromatic N) is 1. The SMILES string of the molecule is O=C(CCc1nc2ccccc2[nH]c1=O)NCC(O)c1ccc(Cl)cc1. The molecule has 0 aliphatic carbocycles. The first-order chi connectivity index (χ1) is 12.5. The van der Waals surface area contributed by atoms with Gasteiger partial charge in [0.15, 0.2) is 0 Å². The van der Waals surface area contributed by atoms with Crippen LogP contribution in [-0.4, -0.2) is 27.5 Å². The number of hydrogen-bond acceptors (Lipinski definition) is 4. The van der Waals surface area contributed by atoms with Crippen LogP contribution in [0.2, 0.25) is 5.02 Å². The van der Waals surface area contributed by atoms with E-state index in [1.165, 1.54) is 0 Å². The Kier molecular flexibility index (Phi) is 5.65. The lowest BCUT2D eigenvalue weighted by Crippen LogP contribution is -2.29. The largest absolute Gasteiger partial charge is 0.387 e. The number of carbonyl (C=O) groups excluding carboxylic acids is 1. The van der Waals surface area contributed by atoms with Crippen LogP contribution in [0.4, 0.5) is 0 Å². The van der Waals surface area contributed by atoms with Crippen molar-refractivity contribution >= 4 is 28.5 Å². The molecule has 0 fully saturated rings. The topological polar surface area (TPSA) is 95.1 Å². The number of nitrogens with one attached hydrogen (secondary N) is 2. The normalized spacial score (nSPS) is 12.1. The molecule has 0 aliphatic rings. The third-order valence-corrected chi connectivity index (χ3v) is 4.26. The molecule has 3 aromatic rings. The smallest absolute Gasteiger partial charge is 0.270 e. The highest BCUT2D eigenvalue weighted by atomic mass is 35.5. The Labute approximate surface area is 154 Å². The van der Waals surface area contributed by atoms with E-state index in [9.17, 15) is 14.7 Å². The van der Waals surface area contributed by atoms with Gasteiger partial charge in [-0.1, -0.05) is 35.9 Å². The number of hydrogen-bond donors (Lipinski definition) is 3. The van der Waals surface area contributed by atoms with Crippen molar-refractivity contribution in [1.29, 1.82) is 0 Å². The number of aromatic nitrogens is 2. The molecule has 0 saturated heterocycles. The van der Waals surface area contributed by atoms with E-state index in [1.54, 1.807) is 36.4 Å². The third kappa shape index (κ3) is 4.47. The van der Waals surface area contributed by atoms with Crippen molar-refractivity contribution in [2.45, 2.75) is 18.9 Å². The first kappa shape index (κ1) is 18.1. The number of para-hydroxylation sites is 2. The quantitative estimate of drug-likeness (QED) is 0.620. The molecule has 3 N–H and O–H groups in total. The predicted molar refractivity (Wildman–Crippen MR) is 100 cm³/mol. The van der Waals surface area contributed by atoms with Crippen molar-refractivity contribution < 1.29 is 9.90 Å². The van der Waals surface area contributed by atoms with Gasteiger partial charge in [-0.05, 0) is 29.8 Å². The molecule has 0 saturated carbocycles. The molecular weight excluding hydrogens is 354 g/mol. The Morgan fingerprint density at radius 1 is 1.19 bits per heavy atom. The standard InChI is InChI=1S/C19H18ClN3O3/c20-13-7-5-12(6-8-13)17(24)11-21-18(25)10-9-16-19(26)23-15-4-2-1-3-14(15)22-16/h1-8,17,24H,9-11H2,(H,21,25)(H,23,26). The summed E-state index contributed by atoms with van der Waals surface area (Å²) in [5, 5.41) is 13.3. The average Bonchev–Trinajstić information content (AvgIpc) is 2.65. The zero-order valence-corrected chi connectivity index (χ0v) is 14.7. The molecule has 0 spiro atoms. The van der Waals surface area contributed by atoms with Crippen molar-refractivity contribution in [3.8, 4) is 0 Å². The van der Waals surface area contributed by atoms with Gasteiger partial charge in [0, 0.05) is 24.4 Å². The summed E-state index contributed by atoms with van der Waals surface area (Å²) in [6.45, 7) is 0.0853. The second-order valence-corrected chi connectivity index (χ2v) is 6.34. The highest BCUT2D eigenvalue weighted by Gasteiger charge is 2.11. The summed E-state index contributed by atoms with van der Waals surface area (Å²) in [6, 6.07) is 14.0. The highest BCUT2D eigenvalue weighted by Crippen LogP contribution is 2.15. The van der Waals surface area contributed by atoms with Gasteiger partial charge >= 0.3 is 0 Å². The lowest BCUT2D eigenvalue weighted by atomic mass is 10.1. The fourth-order valence-corrected chi connectivity index (χ4v) is 2.70. The molecule has 1 atom stereocenters. The number of rotatable bonds is 6. The van der Waals surface area contributed by atoms with Crippen LogP contribution in [0.15, 0.2) is 53.3 Å². The predicted octanol–water partition coefficient (Wildman–Crippen LogP) is 2.36. The summed E-state index contributed by atoms with van der Waals surface area (Å²) in [6.07, 6.45) is -0.483. The molecule has 2 aromatic carbocycles. The van der Waals surface area contributed by atoms with E-state index in [1.807, 2.05) is 12.1 Å². The summed E-state index contributed by atoms with van der Waals surface area (Å²) >= 11 is 5.81. The molecule has 1 heterocycles. The zero-order valence-electron chi connectivity index (χ0n) is 13.9. The van der Waals surface area contributed by atoms with Gasteiger partial charge in [-0.3, -0.25) is 9.59 Å². The highest BCUT2D eigenvalue weighted by molar-refractivity contribution is 6.30. The van der Waals surface area contributed by atoms with Gasteiger partial charge in [0.1, 0.15) is 5.69 Å². The lowest BCUT2D eigenvalue weighted by Gasteiger charge is -2.12. The molecule has 1 aromatic heterocycles. The Morgan fingerprint density at radius 3 is 2.69 bits per heavy atom. The number of aliphatic hydroxyl groups is 1. The Morgan fingerprint density at radius 2 is 1.92 bits per heavy atom. The fourth-order valence-electron chi connectivity index (χ4n) is 2.57. The van der Waals surface area contributed by atoms with Gasteiger partial charge in [0.2, 0.25) is 5.91 Å². The number of fused-ring (bicyclic) bond motifs is 1. The van der Waals surface area contributed by atoms with Crippen molar-refractivity contribution in [3.63, 3.8) is 0 Å². The minimum absolute atomic E-state index is 0.0853. The molecule has 26 heavy (non-hydrogen) atoms. The van der Waals surface area contributed by atoms with Crippen LogP contribution < -0.4 is 10.9 Å². The number of aromatic amines is 1. The van der Waals surface area contributed by atoms with Gasteiger partial charge in [0.05, 0.1) is 17.1 Å². The van der Waals surface area contributed by atoms with Gasteiger partial charge in [0.25, 0.3) is 5.56 Å². The molecule has 0 bridgehead atoms. The van der Waals surface area contributed by atoms with Gasteiger partial charge in [-0.15, -0.1) is 0 Å². The molecule has 7 heteroatoms. The van der Waals surface area contributed by atoms with Crippen LogP contribution >= 0.6 is 11.6 Å². The number of benzene rings is 2. The van der Waals surface area contributed by atoms with Gasteiger partial charge < -0.3 is 15.4 Å². The van der Waals surface area contributed by atoms with Gasteiger partial charge in [-0.2, -0.15) is 0 Å². The van der Waals surface area contributed by atoms with E-state index in [4.69, 9.17) is 11.6 Å². The van der Waals surface area contributed by atoms with Crippen molar-refractivity contribution in [2.24, 2.45) is 0 Å². The van der Waals surface area contributed by atoms with E-state index < -0.39 is 6.10 Å². The van der Waals surface area contributed by atoms with Crippen LogP contribution in [0.25, 0.3) is 11.0 Å². The van der Waals surface area contributed by atoms with Crippen molar-refractivity contribution in [2.75, 3.05) is 6.54 Å². The number of halogens is 1.